The third-order valence-corrected chi connectivity index (χ3v) is 2.68. The normalized spacial score (nSPS) is 11.7. The molecule has 0 spiro atoms. The molecule has 1 aromatic rings. The number of urea groups is 1. The molecular formula is C13H17FN2O3. The molecule has 0 fully saturated rings. The Balaban J connectivity index is 2.71. The largest absolute Gasteiger partial charge is 0.481 e. The Kier molecular flexibility index (Phi) is 5.29. The average Bonchev–Trinajstić information content (AvgIpc) is 2.28. The lowest BCUT2D eigenvalue weighted by molar-refractivity contribution is -0.137. The van der Waals surface area contributed by atoms with Crippen LogP contribution in [-0.4, -0.2) is 34.6 Å². The summed E-state index contributed by atoms with van der Waals surface area (Å²) in [6, 6.07) is 4.66. The second kappa shape index (κ2) is 6.72. The molecule has 0 heterocycles. The number of halogens is 1. The zero-order valence-electron chi connectivity index (χ0n) is 10.9. The Bertz CT molecular complexity index is 465. The van der Waals surface area contributed by atoms with E-state index in [1.54, 1.807) is 19.9 Å². The van der Waals surface area contributed by atoms with Gasteiger partial charge in [0.1, 0.15) is 5.82 Å². The van der Waals surface area contributed by atoms with Gasteiger partial charge in [-0.2, -0.15) is 0 Å². The van der Waals surface area contributed by atoms with Gasteiger partial charge in [-0.3, -0.25) is 4.79 Å². The molecule has 6 heteroatoms. The first kappa shape index (κ1) is 14.9. The van der Waals surface area contributed by atoms with Crippen molar-refractivity contribution in [3.63, 3.8) is 0 Å². The van der Waals surface area contributed by atoms with E-state index in [1.165, 1.54) is 23.1 Å². The number of carboxylic acids is 1. The Morgan fingerprint density at radius 1 is 1.47 bits per heavy atom. The summed E-state index contributed by atoms with van der Waals surface area (Å²) in [4.78, 5) is 24.0. The van der Waals surface area contributed by atoms with Crippen molar-refractivity contribution in [3.8, 4) is 0 Å². The van der Waals surface area contributed by atoms with Crippen molar-refractivity contribution in [1.82, 2.24) is 4.90 Å². The average molecular weight is 268 g/mol. The predicted molar refractivity (Wildman–Crippen MR) is 69.5 cm³/mol. The molecular weight excluding hydrogens is 251 g/mol. The van der Waals surface area contributed by atoms with Crippen LogP contribution in [0.1, 0.15) is 20.3 Å². The number of carboxylic acid groups (broad SMARTS) is 1. The number of amides is 2. The molecule has 0 aliphatic heterocycles. The lowest BCUT2D eigenvalue weighted by atomic mass is 10.2. The Hall–Kier alpha value is -2.11. The second-order valence-corrected chi connectivity index (χ2v) is 4.17. The summed E-state index contributed by atoms with van der Waals surface area (Å²) in [5, 5.41) is 11.3. The molecule has 19 heavy (non-hydrogen) atoms. The molecule has 0 saturated carbocycles. The number of hydrogen-bond acceptors (Lipinski definition) is 2. The summed E-state index contributed by atoms with van der Waals surface area (Å²) in [7, 11) is 0. The minimum absolute atomic E-state index is 0.135. The van der Waals surface area contributed by atoms with Crippen LogP contribution >= 0.6 is 0 Å². The summed E-state index contributed by atoms with van der Waals surface area (Å²) in [5.74, 6) is -1.41. The standard InChI is InChI=1S/C13H17FN2O3/c1-3-16(9(2)7-12(17)18)13(19)15-11-6-4-5-10(14)8-11/h4-6,8-9H,3,7H2,1-2H3,(H,15,19)(H,17,18). The third kappa shape index (κ3) is 4.57. The van der Waals surface area contributed by atoms with Crippen LogP contribution in [0.25, 0.3) is 0 Å². The SMILES string of the molecule is CCN(C(=O)Nc1cccc(F)c1)C(C)CC(=O)O. The molecule has 0 aromatic heterocycles. The van der Waals surface area contributed by atoms with Crippen molar-refractivity contribution in [1.29, 1.82) is 0 Å². The topological polar surface area (TPSA) is 69.6 Å². The lowest BCUT2D eigenvalue weighted by Crippen LogP contribution is -2.42. The monoisotopic (exact) mass is 268 g/mol. The van der Waals surface area contributed by atoms with E-state index in [-0.39, 0.29) is 6.42 Å². The van der Waals surface area contributed by atoms with E-state index in [4.69, 9.17) is 5.11 Å². The van der Waals surface area contributed by atoms with Gasteiger partial charge in [-0.1, -0.05) is 6.07 Å². The number of nitrogens with one attached hydrogen (secondary N) is 1. The van der Waals surface area contributed by atoms with E-state index in [9.17, 15) is 14.0 Å². The fourth-order valence-electron chi connectivity index (χ4n) is 1.78. The van der Waals surface area contributed by atoms with E-state index in [0.29, 0.717) is 12.2 Å². The van der Waals surface area contributed by atoms with Gasteiger partial charge in [0.15, 0.2) is 0 Å². The van der Waals surface area contributed by atoms with E-state index in [2.05, 4.69) is 5.32 Å². The maximum Gasteiger partial charge on any atom is 0.322 e. The molecule has 1 aromatic carbocycles. The van der Waals surface area contributed by atoms with Gasteiger partial charge in [-0.05, 0) is 32.0 Å². The van der Waals surface area contributed by atoms with Crippen LogP contribution in [0.4, 0.5) is 14.9 Å². The van der Waals surface area contributed by atoms with E-state index in [1.807, 2.05) is 0 Å². The summed E-state index contributed by atoms with van der Waals surface area (Å²) in [5.41, 5.74) is 0.339. The van der Waals surface area contributed by atoms with Crippen LogP contribution in [-0.2, 0) is 4.79 Å². The molecule has 1 unspecified atom stereocenters. The number of carbonyl (C=O) groups is 2. The number of carbonyl (C=O) groups excluding carboxylic acids is 1. The highest BCUT2D eigenvalue weighted by atomic mass is 19.1. The summed E-state index contributed by atoms with van der Waals surface area (Å²) < 4.78 is 13.0. The molecule has 2 amide bonds. The fourth-order valence-corrected chi connectivity index (χ4v) is 1.78. The third-order valence-electron chi connectivity index (χ3n) is 2.68. The van der Waals surface area contributed by atoms with Gasteiger partial charge in [0.25, 0.3) is 0 Å². The fraction of sp³-hybridized carbons (Fsp3) is 0.385. The molecule has 1 atom stereocenters. The van der Waals surface area contributed by atoms with Gasteiger partial charge in [-0.25, -0.2) is 9.18 Å². The molecule has 0 aliphatic carbocycles. The molecule has 1 rings (SSSR count). The van der Waals surface area contributed by atoms with Gasteiger partial charge in [-0.15, -0.1) is 0 Å². The van der Waals surface area contributed by atoms with Crippen molar-refractivity contribution in [3.05, 3.63) is 30.1 Å². The first-order chi connectivity index (χ1) is 8.93. The predicted octanol–water partition coefficient (Wildman–Crippen LogP) is 2.54. The van der Waals surface area contributed by atoms with Gasteiger partial charge in [0.05, 0.1) is 6.42 Å². The molecule has 5 nitrogen and oxygen atoms in total. The van der Waals surface area contributed by atoms with Crippen LogP contribution in [0.3, 0.4) is 0 Å². The van der Waals surface area contributed by atoms with Crippen LogP contribution < -0.4 is 5.32 Å². The van der Waals surface area contributed by atoms with E-state index < -0.39 is 23.9 Å². The highest BCUT2D eigenvalue weighted by Crippen LogP contribution is 2.12. The molecule has 0 aliphatic rings. The minimum atomic E-state index is -0.968. The van der Waals surface area contributed by atoms with Crippen LogP contribution in [0, 0.1) is 5.82 Å². The van der Waals surface area contributed by atoms with Gasteiger partial charge in [0.2, 0.25) is 0 Å². The van der Waals surface area contributed by atoms with Crippen molar-refractivity contribution in [2.75, 3.05) is 11.9 Å². The minimum Gasteiger partial charge on any atom is -0.481 e. The summed E-state index contributed by atoms with van der Waals surface area (Å²) in [6.45, 7) is 3.78. The van der Waals surface area contributed by atoms with Crippen LogP contribution in [0.15, 0.2) is 24.3 Å². The first-order valence-electron chi connectivity index (χ1n) is 5.99. The van der Waals surface area contributed by atoms with Gasteiger partial charge < -0.3 is 15.3 Å². The molecule has 0 radical (unpaired) electrons. The Morgan fingerprint density at radius 2 is 2.16 bits per heavy atom. The van der Waals surface area contributed by atoms with Crippen molar-refractivity contribution >= 4 is 17.7 Å². The number of nitrogens with zero attached hydrogens (tertiary/aromatic N) is 1. The van der Waals surface area contributed by atoms with Crippen LogP contribution in [0.5, 0.6) is 0 Å². The van der Waals surface area contributed by atoms with E-state index >= 15 is 0 Å². The van der Waals surface area contributed by atoms with E-state index in [0.717, 1.165) is 0 Å². The van der Waals surface area contributed by atoms with Gasteiger partial charge in [0, 0.05) is 18.3 Å². The highest BCUT2D eigenvalue weighted by Gasteiger charge is 2.20. The Labute approximate surface area is 111 Å². The molecule has 0 saturated heterocycles. The Morgan fingerprint density at radius 3 is 2.68 bits per heavy atom. The zero-order valence-corrected chi connectivity index (χ0v) is 10.9. The van der Waals surface area contributed by atoms with Crippen molar-refractivity contribution < 1.29 is 19.1 Å². The molecule has 2 N–H and O–H groups in total. The number of rotatable bonds is 5. The first-order valence-corrected chi connectivity index (χ1v) is 5.99. The van der Waals surface area contributed by atoms with Crippen molar-refractivity contribution in [2.45, 2.75) is 26.3 Å². The summed E-state index contributed by atoms with van der Waals surface area (Å²) in [6.07, 6.45) is -0.135. The maximum atomic E-state index is 13.0. The van der Waals surface area contributed by atoms with Gasteiger partial charge >= 0.3 is 12.0 Å². The maximum absolute atomic E-state index is 13.0. The number of hydrogen-bond donors (Lipinski definition) is 2. The number of benzene rings is 1. The summed E-state index contributed by atoms with van der Waals surface area (Å²) >= 11 is 0. The molecule has 104 valence electrons. The second-order valence-electron chi connectivity index (χ2n) is 4.17. The van der Waals surface area contributed by atoms with Crippen LogP contribution in [0.2, 0.25) is 0 Å². The lowest BCUT2D eigenvalue weighted by Gasteiger charge is -2.27. The molecule has 0 bridgehead atoms. The smallest absolute Gasteiger partial charge is 0.322 e. The number of aliphatic carboxylic acids is 1. The van der Waals surface area contributed by atoms with Crippen molar-refractivity contribution in [2.24, 2.45) is 0 Å². The highest BCUT2D eigenvalue weighted by molar-refractivity contribution is 5.89. The zero-order chi connectivity index (χ0) is 14.4. The number of anilines is 1. The quantitative estimate of drug-likeness (QED) is 0.862.